The van der Waals surface area contributed by atoms with Crippen LogP contribution in [0.1, 0.15) is 27.7 Å². The van der Waals surface area contributed by atoms with Gasteiger partial charge in [0.25, 0.3) is 0 Å². The summed E-state index contributed by atoms with van der Waals surface area (Å²) in [5.74, 6) is -0.841. The first-order valence-electron chi connectivity index (χ1n) is 3.08. The number of hydrogen-bond donors (Lipinski definition) is 2. The minimum atomic E-state index is -0.913. The van der Waals surface area contributed by atoms with Crippen molar-refractivity contribution >= 4 is 5.97 Å². The summed E-state index contributed by atoms with van der Waals surface area (Å²) in [4.78, 5) is 10.2. The number of aliphatic carboxylic acids is 1. The smallest absolute Gasteiger partial charge is 0.320 e. The van der Waals surface area contributed by atoms with Crippen molar-refractivity contribution in [3.63, 3.8) is 0 Å². The van der Waals surface area contributed by atoms with Gasteiger partial charge in [0.1, 0.15) is 6.04 Å². The van der Waals surface area contributed by atoms with Crippen LogP contribution in [-0.4, -0.2) is 17.1 Å². The highest BCUT2D eigenvalue weighted by molar-refractivity contribution is 5.73. The molecule has 3 nitrogen and oxygen atoms in total. The van der Waals surface area contributed by atoms with Crippen LogP contribution in [0.25, 0.3) is 0 Å². The fraction of sp³-hybridized carbons (Fsp3) is 0.857. The molecule has 0 amide bonds. The fourth-order valence-corrected chi connectivity index (χ4v) is 0.497. The lowest BCUT2D eigenvalue weighted by Crippen LogP contribution is -2.36. The van der Waals surface area contributed by atoms with Gasteiger partial charge in [-0.15, -0.1) is 0 Å². The Bertz CT molecular complexity index is 104. The molecule has 10 heavy (non-hydrogen) atoms. The lowest BCUT2D eigenvalue weighted by molar-refractivity contribution is -0.139. The van der Waals surface area contributed by atoms with Crippen LogP contribution in [0.2, 0.25) is 0 Å². The Labute approximate surface area is 62.2 Å². The molecule has 0 spiro atoms. The van der Waals surface area contributed by atoms with E-state index in [9.17, 15) is 4.79 Å². The molecule has 0 aromatic rings. The van der Waals surface area contributed by atoms with Crippen molar-refractivity contribution in [2.24, 2.45) is 11.7 Å². The van der Waals surface area contributed by atoms with Crippen molar-refractivity contribution in [3.05, 3.63) is 0 Å². The summed E-state index contributed by atoms with van der Waals surface area (Å²) in [6.07, 6.45) is 0.813. The third-order valence-corrected chi connectivity index (χ3v) is 1.54. The van der Waals surface area contributed by atoms with Gasteiger partial charge in [0, 0.05) is 0 Å². The zero-order valence-corrected chi connectivity index (χ0v) is 5.79. The molecule has 62 valence electrons. The van der Waals surface area contributed by atoms with Crippen LogP contribution in [0.3, 0.4) is 0 Å². The van der Waals surface area contributed by atoms with Gasteiger partial charge >= 0.3 is 5.97 Å². The van der Waals surface area contributed by atoms with Gasteiger partial charge in [-0.1, -0.05) is 27.7 Å². The standard InChI is InChI=1S/C6H13NO2.CH4/c1-3-4(2)5(7)6(8)9;/h4-5H,3,7H2,1-2H3,(H,8,9);1H4/t4-,5-;/m1./s1. The molecule has 0 rings (SSSR count). The second-order valence-corrected chi connectivity index (χ2v) is 2.25. The Kier molecular flexibility index (Phi) is 6.35. The highest BCUT2D eigenvalue weighted by Gasteiger charge is 2.17. The van der Waals surface area contributed by atoms with E-state index < -0.39 is 12.0 Å². The van der Waals surface area contributed by atoms with Gasteiger partial charge in [-0.3, -0.25) is 4.79 Å². The van der Waals surface area contributed by atoms with Crippen LogP contribution in [0, 0.1) is 5.92 Å². The molecule has 0 radical (unpaired) electrons. The van der Waals surface area contributed by atoms with E-state index in [1.807, 2.05) is 13.8 Å². The summed E-state index contributed by atoms with van der Waals surface area (Å²) in [7, 11) is 0. The Hall–Kier alpha value is -0.570. The predicted octanol–water partition coefficient (Wildman–Crippen LogP) is 1.08. The average Bonchev–Trinajstić information content (AvgIpc) is 1.84. The molecular weight excluding hydrogens is 130 g/mol. The van der Waals surface area contributed by atoms with Gasteiger partial charge in [-0.05, 0) is 5.92 Å². The van der Waals surface area contributed by atoms with Gasteiger partial charge in [-0.2, -0.15) is 0 Å². The molecule has 0 fully saturated rings. The molecule has 0 aromatic carbocycles. The van der Waals surface area contributed by atoms with E-state index in [-0.39, 0.29) is 13.3 Å². The van der Waals surface area contributed by atoms with Crippen molar-refractivity contribution < 1.29 is 9.90 Å². The van der Waals surface area contributed by atoms with Crippen LogP contribution in [0.5, 0.6) is 0 Å². The van der Waals surface area contributed by atoms with Gasteiger partial charge in [0.05, 0.1) is 0 Å². The van der Waals surface area contributed by atoms with Crippen LogP contribution < -0.4 is 5.73 Å². The number of rotatable bonds is 3. The second-order valence-electron chi connectivity index (χ2n) is 2.25. The highest BCUT2D eigenvalue weighted by atomic mass is 16.4. The molecule has 0 heterocycles. The van der Waals surface area contributed by atoms with E-state index in [4.69, 9.17) is 10.8 Å². The number of hydrogen-bond acceptors (Lipinski definition) is 2. The lowest BCUT2D eigenvalue weighted by atomic mass is 10.0. The average molecular weight is 147 g/mol. The Morgan fingerprint density at radius 1 is 1.70 bits per heavy atom. The molecule has 0 aliphatic carbocycles. The second kappa shape index (κ2) is 5.23. The third kappa shape index (κ3) is 3.45. The molecule has 3 N–H and O–H groups in total. The summed E-state index contributed by atoms with van der Waals surface area (Å²) in [5.41, 5.74) is 5.27. The van der Waals surface area contributed by atoms with Crippen molar-refractivity contribution in [3.8, 4) is 0 Å². The van der Waals surface area contributed by atoms with E-state index in [2.05, 4.69) is 0 Å². The van der Waals surface area contributed by atoms with Crippen LogP contribution >= 0.6 is 0 Å². The van der Waals surface area contributed by atoms with Gasteiger partial charge in [0.2, 0.25) is 0 Å². The molecule has 0 aliphatic rings. The summed E-state index contributed by atoms with van der Waals surface area (Å²) >= 11 is 0. The first-order chi connectivity index (χ1) is 4.09. The fourth-order valence-electron chi connectivity index (χ4n) is 0.497. The molecule has 2 atom stereocenters. The number of carboxylic acid groups (broad SMARTS) is 1. The minimum Gasteiger partial charge on any atom is -0.480 e. The number of nitrogens with two attached hydrogens (primary N) is 1. The quantitative estimate of drug-likeness (QED) is 0.628. The maximum atomic E-state index is 10.2. The first-order valence-corrected chi connectivity index (χ1v) is 3.08. The summed E-state index contributed by atoms with van der Waals surface area (Å²) in [5, 5.41) is 8.36. The Morgan fingerprint density at radius 2 is 2.10 bits per heavy atom. The maximum Gasteiger partial charge on any atom is 0.320 e. The van der Waals surface area contributed by atoms with Gasteiger partial charge in [0.15, 0.2) is 0 Å². The van der Waals surface area contributed by atoms with E-state index in [1.54, 1.807) is 0 Å². The topological polar surface area (TPSA) is 63.3 Å². The SMILES string of the molecule is C.CC[C@@H](C)[C@@H](N)C(=O)O. The highest BCUT2D eigenvalue weighted by Crippen LogP contribution is 2.04. The number of carboxylic acids is 1. The molecular formula is C7H17NO2. The lowest BCUT2D eigenvalue weighted by Gasteiger charge is -2.11. The van der Waals surface area contributed by atoms with Crippen molar-refractivity contribution in [2.45, 2.75) is 33.7 Å². The van der Waals surface area contributed by atoms with E-state index in [1.165, 1.54) is 0 Å². The summed E-state index contributed by atoms with van der Waals surface area (Å²) < 4.78 is 0. The Morgan fingerprint density at radius 3 is 2.20 bits per heavy atom. The maximum absolute atomic E-state index is 10.2. The number of carbonyl (C=O) groups is 1. The molecule has 0 bridgehead atoms. The zero-order chi connectivity index (χ0) is 7.44. The molecule has 0 saturated carbocycles. The third-order valence-electron chi connectivity index (χ3n) is 1.54. The Balaban J connectivity index is 0. The van der Waals surface area contributed by atoms with Crippen LogP contribution in [-0.2, 0) is 4.79 Å². The molecule has 0 aliphatic heterocycles. The first kappa shape index (κ1) is 12.1. The zero-order valence-electron chi connectivity index (χ0n) is 5.79. The van der Waals surface area contributed by atoms with E-state index >= 15 is 0 Å². The van der Waals surface area contributed by atoms with Crippen molar-refractivity contribution in [2.75, 3.05) is 0 Å². The monoisotopic (exact) mass is 147 g/mol. The summed E-state index contributed by atoms with van der Waals surface area (Å²) in [6, 6.07) is -0.699. The largest absolute Gasteiger partial charge is 0.480 e. The van der Waals surface area contributed by atoms with Crippen LogP contribution in [0.4, 0.5) is 0 Å². The molecule has 0 aromatic heterocycles. The summed E-state index contributed by atoms with van der Waals surface area (Å²) in [6.45, 7) is 3.76. The predicted molar refractivity (Wildman–Crippen MR) is 41.8 cm³/mol. The molecule has 0 saturated heterocycles. The van der Waals surface area contributed by atoms with Gasteiger partial charge < -0.3 is 10.8 Å². The van der Waals surface area contributed by atoms with Crippen LogP contribution in [0.15, 0.2) is 0 Å². The van der Waals surface area contributed by atoms with E-state index in [0.717, 1.165) is 6.42 Å². The molecule has 0 unspecified atom stereocenters. The van der Waals surface area contributed by atoms with E-state index in [0.29, 0.717) is 0 Å². The molecule has 3 heteroatoms. The van der Waals surface area contributed by atoms with Gasteiger partial charge in [-0.25, -0.2) is 0 Å². The van der Waals surface area contributed by atoms with Crippen molar-refractivity contribution in [1.82, 2.24) is 0 Å². The minimum absolute atomic E-state index is 0. The van der Waals surface area contributed by atoms with Crippen molar-refractivity contribution in [1.29, 1.82) is 0 Å². The normalized spacial score (nSPS) is 15.1.